The molecule has 1 aromatic heterocycles. The predicted molar refractivity (Wildman–Crippen MR) is 85.9 cm³/mol. The Morgan fingerprint density at radius 3 is 2.36 bits per heavy atom. The summed E-state index contributed by atoms with van der Waals surface area (Å²) in [6, 6.07) is 13.6. The summed E-state index contributed by atoms with van der Waals surface area (Å²) >= 11 is 0. The van der Waals surface area contributed by atoms with Crippen molar-refractivity contribution in [2.24, 2.45) is 0 Å². The fourth-order valence-electron chi connectivity index (χ4n) is 2.25. The van der Waals surface area contributed by atoms with Crippen LogP contribution in [0.3, 0.4) is 0 Å². The van der Waals surface area contributed by atoms with E-state index in [0.717, 1.165) is 16.8 Å². The molecular formula is C18H15FN2O. The molecule has 0 fully saturated rings. The maximum absolute atomic E-state index is 12.9. The number of aryl methyl sites for hydroxylation is 1. The quantitative estimate of drug-likeness (QED) is 0.769. The Balaban J connectivity index is 2.15. The van der Waals surface area contributed by atoms with E-state index in [1.54, 1.807) is 18.2 Å². The van der Waals surface area contributed by atoms with E-state index in [4.69, 9.17) is 0 Å². The first-order valence-electron chi connectivity index (χ1n) is 6.89. The molecule has 1 heterocycles. The summed E-state index contributed by atoms with van der Waals surface area (Å²) in [5.41, 5.74) is 2.44. The van der Waals surface area contributed by atoms with Gasteiger partial charge < -0.3 is 0 Å². The van der Waals surface area contributed by atoms with Crippen LogP contribution in [0.5, 0.6) is 0 Å². The van der Waals surface area contributed by atoms with Crippen LogP contribution in [0.2, 0.25) is 0 Å². The molecule has 0 aliphatic heterocycles. The Kier molecular flexibility index (Phi) is 3.51. The molecule has 3 aromatic rings. The highest BCUT2D eigenvalue weighted by atomic mass is 19.1. The van der Waals surface area contributed by atoms with Crippen molar-refractivity contribution in [3.05, 3.63) is 86.4 Å². The van der Waals surface area contributed by atoms with Gasteiger partial charge in [-0.05, 0) is 42.8 Å². The molecule has 2 aromatic carbocycles. The minimum Gasteiger partial charge on any atom is -0.291 e. The zero-order valence-electron chi connectivity index (χ0n) is 12.1. The lowest BCUT2D eigenvalue weighted by molar-refractivity contribution is 0.628. The third-order valence-electron chi connectivity index (χ3n) is 3.48. The molecule has 0 amide bonds. The van der Waals surface area contributed by atoms with Crippen LogP contribution in [0.15, 0.2) is 53.3 Å². The second kappa shape index (κ2) is 5.48. The van der Waals surface area contributed by atoms with Gasteiger partial charge in [0, 0.05) is 0 Å². The summed E-state index contributed by atoms with van der Waals surface area (Å²) in [6.07, 6.45) is 1.70. The third-order valence-corrected chi connectivity index (χ3v) is 3.48. The van der Waals surface area contributed by atoms with Gasteiger partial charge in [-0.15, -0.1) is 0 Å². The first kappa shape index (κ1) is 14.1. The summed E-state index contributed by atoms with van der Waals surface area (Å²) < 4.78 is 14.4. The Morgan fingerprint density at radius 2 is 1.73 bits per heavy atom. The average molecular weight is 294 g/mol. The monoisotopic (exact) mass is 294 g/mol. The summed E-state index contributed by atoms with van der Waals surface area (Å²) in [5, 5.41) is 3.96. The Labute approximate surface area is 126 Å². The second-order valence-corrected chi connectivity index (χ2v) is 5.18. The molecule has 0 atom stereocenters. The Morgan fingerprint density at radius 1 is 1.09 bits per heavy atom. The van der Waals surface area contributed by atoms with Crippen LogP contribution in [0.25, 0.3) is 18.3 Å². The van der Waals surface area contributed by atoms with Crippen LogP contribution in [-0.2, 0) is 0 Å². The Hall–Kier alpha value is -2.88. The van der Waals surface area contributed by atoms with E-state index in [-0.39, 0.29) is 11.4 Å². The summed E-state index contributed by atoms with van der Waals surface area (Å²) in [5.74, 6) is -0.307. The second-order valence-electron chi connectivity index (χ2n) is 5.18. The van der Waals surface area contributed by atoms with Gasteiger partial charge in [0.25, 0.3) is 5.56 Å². The molecular weight excluding hydrogens is 279 g/mol. The van der Waals surface area contributed by atoms with Crippen molar-refractivity contribution in [2.75, 3.05) is 0 Å². The lowest BCUT2D eigenvalue weighted by Gasteiger charge is -2.00. The topological polar surface area (TPSA) is 37.8 Å². The highest BCUT2D eigenvalue weighted by Gasteiger charge is 2.04. The van der Waals surface area contributed by atoms with Crippen molar-refractivity contribution in [2.45, 2.75) is 6.92 Å². The van der Waals surface area contributed by atoms with Gasteiger partial charge in [-0.1, -0.05) is 36.4 Å². The standard InChI is InChI=1S/C18H15FN2O/c1-12-3-9-16(10-4-12)21-18(22)17(13(2)20-21)11-14-5-7-15(19)8-6-14/h3-11,20H,2H2,1H3. The van der Waals surface area contributed by atoms with Gasteiger partial charge in [-0.2, -0.15) is 0 Å². The number of nitrogens with one attached hydrogen (secondary N) is 1. The zero-order valence-corrected chi connectivity index (χ0v) is 12.1. The third kappa shape index (κ3) is 2.63. The molecule has 0 saturated heterocycles. The SMILES string of the molecule is C=c1[nH]n(-c2ccc(C)cc2)c(=O)c1=Cc1ccc(F)cc1. The fraction of sp³-hybridized carbons (Fsp3) is 0.0556. The number of H-pyrrole nitrogens is 1. The van der Waals surface area contributed by atoms with Crippen molar-refractivity contribution >= 4 is 12.7 Å². The summed E-state index contributed by atoms with van der Waals surface area (Å²) in [7, 11) is 0. The maximum atomic E-state index is 12.9. The van der Waals surface area contributed by atoms with E-state index < -0.39 is 0 Å². The smallest absolute Gasteiger partial charge is 0.279 e. The van der Waals surface area contributed by atoms with Crippen molar-refractivity contribution in [1.29, 1.82) is 0 Å². The van der Waals surface area contributed by atoms with E-state index in [0.29, 0.717) is 10.6 Å². The van der Waals surface area contributed by atoms with Gasteiger partial charge in [-0.3, -0.25) is 9.89 Å². The lowest BCUT2D eigenvalue weighted by atomic mass is 10.2. The molecule has 110 valence electrons. The summed E-state index contributed by atoms with van der Waals surface area (Å²) in [6.45, 7) is 5.86. The number of rotatable bonds is 2. The molecule has 1 N–H and O–H groups in total. The molecule has 0 spiro atoms. The van der Waals surface area contributed by atoms with E-state index in [1.807, 2.05) is 31.2 Å². The highest BCUT2D eigenvalue weighted by molar-refractivity contribution is 5.49. The normalized spacial score (nSPS) is 11.8. The molecule has 0 aliphatic rings. The molecule has 0 radical (unpaired) electrons. The van der Waals surface area contributed by atoms with Gasteiger partial charge in [0.05, 0.1) is 16.3 Å². The van der Waals surface area contributed by atoms with Gasteiger partial charge in [-0.25, -0.2) is 9.07 Å². The van der Waals surface area contributed by atoms with Crippen LogP contribution in [0.1, 0.15) is 11.1 Å². The van der Waals surface area contributed by atoms with Crippen molar-refractivity contribution in [1.82, 2.24) is 9.78 Å². The number of aromatic nitrogens is 2. The number of hydrogen-bond donors (Lipinski definition) is 1. The molecule has 3 rings (SSSR count). The number of halogens is 1. The maximum Gasteiger partial charge on any atom is 0.279 e. The number of benzene rings is 2. The Bertz CT molecular complexity index is 964. The molecule has 0 saturated carbocycles. The van der Waals surface area contributed by atoms with E-state index in [9.17, 15) is 9.18 Å². The van der Waals surface area contributed by atoms with Crippen LogP contribution < -0.4 is 16.1 Å². The number of nitrogens with zero attached hydrogens (tertiary/aromatic N) is 1. The van der Waals surface area contributed by atoms with E-state index in [1.165, 1.54) is 16.8 Å². The van der Waals surface area contributed by atoms with Crippen LogP contribution in [0.4, 0.5) is 4.39 Å². The van der Waals surface area contributed by atoms with Crippen molar-refractivity contribution in [3.8, 4) is 5.69 Å². The number of aromatic amines is 1. The van der Waals surface area contributed by atoms with Gasteiger partial charge in [0.1, 0.15) is 5.82 Å². The largest absolute Gasteiger partial charge is 0.291 e. The van der Waals surface area contributed by atoms with E-state index >= 15 is 0 Å². The molecule has 4 heteroatoms. The van der Waals surface area contributed by atoms with Gasteiger partial charge in [0.2, 0.25) is 0 Å². The first-order chi connectivity index (χ1) is 10.5. The van der Waals surface area contributed by atoms with Gasteiger partial charge >= 0.3 is 0 Å². The van der Waals surface area contributed by atoms with Crippen LogP contribution in [-0.4, -0.2) is 9.78 Å². The number of hydrogen-bond acceptors (Lipinski definition) is 1. The molecule has 22 heavy (non-hydrogen) atoms. The summed E-state index contributed by atoms with van der Waals surface area (Å²) in [4.78, 5) is 12.5. The minimum absolute atomic E-state index is 0.182. The van der Waals surface area contributed by atoms with Crippen molar-refractivity contribution in [3.63, 3.8) is 0 Å². The molecule has 3 nitrogen and oxygen atoms in total. The molecule has 0 unspecified atom stereocenters. The first-order valence-corrected chi connectivity index (χ1v) is 6.89. The van der Waals surface area contributed by atoms with Crippen LogP contribution in [0, 0.1) is 12.7 Å². The molecule has 0 bridgehead atoms. The zero-order chi connectivity index (χ0) is 15.7. The van der Waals surface area contributed by atoms with E-state index in [2.05, 4.69) is 11.7 Å². The minimum atomic E-state index is -0.307. The average Bonchev–Trinajstić information content (AvgIpc) is 2.78. The van der Waals surface area contributed by atoms with Crippen molar-refractivity contribution < 1.29 is 4.39 Å². The fourth-order valence-corrected chi connectivity index (χ4v) is 2.25. The predicted octanol–water partition coefficient (Wildman–Crippen LogP) is 1.85. The lowest BCUT2D eigenvalue weighted by Crippen LogP contribution is -2.33. The highest BCUT2D eigenvalue weighted by Crippen LogP contribution is 2.05. The van der Waals surface area contributed by atoms with Gasteiger partial charge in [0.15, 0.2) is 0 Å². The molecule has 0 aliphatic carbocycles. The van der Waals surface area contributed by atoms with Crippen LogP contribution >= 0.6 is 0 Å².